The molecular formula is C41H49FN4O9. The van der Waals surface area contributed by atoms with E-state index in [0.29, 0.717) is 24.0 Å². The number of hydrogen-bond donors (Lipinski definition) is 1. The average Bonchev–Trinajstić information content (AvgIpc) is 3.44. The molecule has 13 nitrogen and oxygen atoms in total. The first-order chi connectivity index (χ1) is 26.2. The van der Waals surface area contributed by atoms with E-state index in [1.54, 1.807) is 58.0 Å². The quantitative estimate of drug-likeness (QED) is 0.176. The van der Waals surface area contributed by atoms with Gasteiger partial charge in [-0.2, -0.15) is 0 Å². The highest BCUT2D eigenvalue weighted by Gasteiger charge is 2.68. The number of allylic oxidation sites excluding steroid dienone is 1. The molecule has 3 aliphatic heterocycles. The average molecular weight is 761 g/mol. The number of imide groups is 1. The van der Waals surface area contributed by atoms with Gasteiger partial charge in [-0.05, 0) is 77.1 Å². The second kappa shape index (κ2) is 16.2. The largest absolute Gasteiger partial charge is 0.464 e. The van der Waals surface area contributed by atoms with E-state index in [2.05, 4.69) is 5.32 Å². The van der Waals surface area contributed by atoms with Crippen molar-refractivity contribution < 1.29 is 47.4 Å². The molecule has 0 aromatic heterocycles. The van der Waals surface area contributed by atoms with Crippen molar-refractivity contribution in [2.45, 2.75) is 115 Å². The maximum atomic E-state index is 15.1. The molecule has 1 aliphatic carbocycles. The highest BCUT2D eigenvalue weighted by molar-refractivity contribution is 6.11. The number of esters is 1. The van der Waals surface area contributed by atoms with E-state index in [1.165, 1.54) is 28.0 Å². The van der Waals surface area contributed by atoms with Gasteiger partial charge in [0.25, 0.3) is 11.8 Å². The van der Waals surface area contributed by atoms with Crippen LogP contribution in [0.3, 0.4) is 0 Å². The first kappa shape index (κ1) is 39.4. The summed E-state index contributed by atoms with van der Waals surface area (Å²) >= 11 is 0. The highest BCUT2D eigenvalue weighted by atomic mass is 19.1. The molecule has 0 unspecified atom stereocenters. The van der Waals surface area contributed by atoms with E-state index in [-0.39, 0.29) is 51.1 Å². The van der Waals surface area contributed by atoms with E-state index in [9.17, 15) is 28.4 Å². The number of fused-ring (bicyclic) bond motifs is 3. The number of ether oxygens (including phenoxy) is 3. The Balaban J connectivity index is 1.37. The molecule has 6 rings (SSSR count). The number of amides is 5. The molecule has 5 amide bonds. The maximum absolute atomic E-state index is 15.1. The fraction of sp³-hybridized carbons (Fsp3) is 0.512. The molecular weight excluding hydrogens is 711 g/mol. The number of nitrogens with zero attached hydrogens (tertiary/aromatic N) is 3. The molecule has 14 heteroatoms. The number of halogens is 1. The molecule has 4 aliphatic rings. The Morgan fingerprint density at radius 3 is 2.44 bits per heavy atom. The summed E-state index contributed by atoms with van der Waals surface area (Å²) in [5.74, 6) is -3.93. The van der Waals surface area contributed by atoms with Gasteiger partial charge >= 0.3 is 18.2 Å². The zero-order valence-electron chi connectivity index (χ0n) is 31.8. The standard InChI is InChI=1S/C41H49FN4O9/c1-5-53-37(50)41-22-28(41)18-12-7-6-8-13-20-32(43-38(51)55-40(2,3)4)35(48)45-24-29(54-39(52)44-23-27-17-14-19-31(42)30(27)25-44)21-33(45)36(49)46(41)34(47)26-15-10-9-11-16-26/h9-12,14-19,28-29,32-33H,5-8,13,20-25H2,1-4H3,(H,43,51)/t28-,29-,32+,33+,41-/m1/s1. The van der Waals surface area contributed by atoms with Crippen LogP contribution in [-0.4, -0.2) is 93.1 Å². The SMILES string of the molecule is CCOC(=O)[C@@]12C[C@H]1C=CCCCCC[C@H](NC(=O)OC(C)(C)C)C(=O)N1C[C@H](OC(=O)N3Cc4cccc(F)c4C3)C[C@H]1C(=O)N2C(=O)c1ccccc1. The van der Waals surface area contributed by atoms with E-state index in [4.69, 9.17) is 14.2 Å². The van der Waals surface area contributed by atoms with E-state index in [1.807, 2.05) is 12.2 Å². The van der Waals surface area contributed by atoms with Crippen LogP contribution in [0.2, 0.25) is 0 Å². The number of hydrogen-bond acceptors (Lipinski definition) is 9. The van der Waals surface area contributed by atoms with E-state index in [0.717, 1.165) is 17.7 Å². The van der Waals surface area contributed by atoms with Crippen molar-refractivity contribution in [2.24, 2.45) is 5.92 Å². The molecule has 55 heavy (non-hydrogen) atoms. The predicted octanol–water partition coefficient (Wildman–Crippen LogP) is 5.65. The van der Waals surface area contributed by atoms with Crippen LogP contribution in [0, 0.1) is 11.7 Å². The Morgan fingerprint density at radius 1 is 0.964 bits per heavy atom. The number of benzene rings is 2. The first-order valence-electron chi connectivity index (χ1n) is 19.0. The minimum absolute atomic E-state index is 0.00687. The van der Waals surface area contributed by atoms with Crippen LogP contribution in [0.5, 0.6) is 0 Å². The Kier molecular flexibility index (Phi) is 11.6. The van der Waals surface area contributed by atoms with Crippen LogP contribution in [0.4, 0.5) is 14.0 Å². The van der Waals surface area contributed by atoms with Gasteiger partial charge in [-0.3, -0.25) is 24.2 Å². The summed E-state index contributed by atoms with van der Waals surface area (Å²) in [6.07, 6.45) is 4.01. The number of nitrogens with one attached hydrogen (secondary N) is 1. The molecule has 1 saturated heterocycles. The molecule has 0 radical (unpaired) electrons. The normalized spacial score (nSPS) is 25.5. The summed E-state index contributed by atoms with van der Waals surface area (Å²) in [5, 5.41) is 2.70. The smallest absolute Gasteiger partial charge is 0.410 e. The molecule has 5 atom stereocenters. The Bertz CT molecular complexity index is 1850. The fourth-order valence-electron chi connectivity index (χ4n) is 7.72. The van der Waals surface area contributed by atoms with Crippen molar-refractivity contribution in [1.82, 2.24) is 20.0 Å². The Labute approximate surface area is 320 Å². The molecule has 0 bridgehead atoms. The maximum Gasteiger partial charge on any atom is 0.410 e. The number of carbonyl (C=O) groups is 6. The summed E-state index contributed by atoms with van der Waals surface area (Å²) in [6.45, 7) is 6.59. The second-order valence-corrected chi connectivity index (χ2v) is 15.5. The fourth-order valence-corrected chi connectivity index (χ4v) is 7.72. The molecule has 2 aromatic rings. The summed E-state index contributed by atoms with van der Waals surface area (Å²) in [5.41, 5.74) is -1.36. The number of rotatable bonds is 5. The van der Waals surface area contributed by atoms with Crippen molar-refractivity contribution in [3.05, 3.63) is 83.2 Å². The Morgan fingerprint density at radius 2 is 1.73 bits per heavy atom. The Hall–Kier alpha value is -5.27. The topological polar surface area (TPSA) is 152 Å². The molecule has 2 aromatic carbocycles. The summed E-state index contributed by atoms with van der Waals surface area (Å²) in [4.78, 5) is 88.3. The van der Waals surface area contributed by atoms with Gasteiger partial charge in [-0.1, -0.05) is 55.3 Å². The zero-order chi connectivity index (χ0) is 39.5. The van der Waals surface area contributed by atoms with Crippen molar-refractivity contribution in [3.8, 4) is 0 Å². The van der Waals surface area contributed by atoms with E-state index < -0.39 is 76.9 Å². The number of carbonyl (C=O) groups excluding carboxylic acids is 6. The monoisotopic (exact) mass is 760 g/mol. The van der Waals surface area contributed by atoms with Crippen LogP contribution in [0.25, 0.3) is 0 Å². The van der Waals surface area contributed by atoms with Gasteiger partial charge in [0.15, 0.2) is 5.54 Å². The summed E-state index contributed by atoms with van der Waals surface area (Å²) in [6, 6.07) is 10.2. The van der Waals surface area contributed by atoms with Crippen molar-refractivity contribution in [1.29, 1.82) is 0 Å². The minimum atomic E-state index is -1.68. The van der Waals surface area contributed by atoms with Crippen LogP contribution < -0.4 is 5.32 Å². The molecule has 1 saturated carbocycles. The summed E-state index contributed by atoms with van der Waals surface area (Å²) < 4.78 is 31.5. The van der Waals surface area contributed by atoms with Crippen LogP contribution in [0.15, 0.2) is 60.7 Å². The van der Waals surface area contributed by atoms with Gasteiger partial charge in [-0.25, -0.2) is 18.8 Å². The van der Waals surface area contributed by atoms with Gasteiger partial charge in [0.2, 0.25) is 5.91 Å². The van der Waals surface area contributed by atoms with Gasteiger partial charge in [0, 0.05) is 30.0 Å². The van der Waals surface area contributed by atoms with Crippen LogP contribution in [-0.2, 0) is 41.7 Å². The van der Waals surface area contributed by atoms with Gasteiger partial charge in [0.05, 0.1) is 19.7 Å². The molecule has 0 spiro atoms. The van der Waals surface area contributed by atoms with Crippen LogP contribution >= 0.6 is 0 Å². The van der Waals surface area contributed by atoms with Gasteiger partial charge in [-0.15, -0.1) is 0 Å². The lowest BCUT2D eigenvalue weighted by atomic mass is 10.0. The third-order valence-electron chi connectivity index (χ3n) is 10.5. The van der Waals surface area contributed by atoms with Crippen molar-refractivity contribution in [3.63, 3.8) is 0 Å². The third-order valence-corrected chi connectivity index (χ3v) is 10.5. The lowest BCUT2D eigenvalue weighted by Crippen LogP contribution is -2.59. The van der Waals surface area contributed by atoms with Crippen molar-refractivity contribution >= 4 is 35.9 Å². The van der Waals surface area contributed by atoms with Gasteiger partial charge in [0.1, 0.15) is 29.6 Å². The highest BCUT2D eigenvalue weighted by Crippen LogP contribution is 2.52. The zero-order valence-corrected chi connectivity index (χ0v) is 31.8. The molecule has 294 valence electrons. The van der Waals surface area contributed by atoms with Gasteiger partial charge < -0.3 is 24.4 Å². The minimum Gasteiger partial charge on any atom is -0.464 e. The number of alkyl carbamates (subject to hydrolysis) is 1. The third kappa shape index (κ3) is 8.52. The molecule has 2 fully saturated rings. The lowest BCUT2D eigenvalue weighted by Gasteiger charge is -2.35. The molecule has 1 N–H and O–H groups in total. The lowest BCUT2D eigenvalue weighted by molar-refractivity contribution is -0.157. The second-order valence-electron chi connectivity index (χ2n) is 15.5. The first-order valence-corrected chi connectivity index (χ1v) is 19.0. The predicted molar refractivity (Wildman–Crippen MR) is 197 cm³/mol. The van der Waals surface area contributed by atoms with Crippen molar-refractivity contribution in [2.75, 3.05) is 13.2 Å². The van der Waals surface area contributed by atoms with Crippen LogP contribution in [0.1, 0.15) is 94.1 Å². The van der Waals surface area contributed by atoms with E-state index >= 15 is 4.79 Å². The molecule has 3 heterocycles. The summed E-state index contributed by atoms with van der Waals surface area (Å²) in [7, 11) is 0.